The Morgan fingerprint density at radius 3 is 2.41 bits per heavy atom. The highest BCUT2D eigenvalue weighted by Crippen LogP contribution is 2.22. The van der Waals surface area contributed by atoms with Crippen molar-refractivity contribution in [2.75, 3.05) is 0 Å². The van der Waals surface area contributed by atoms with Gasteiger partial charge in [0.25, 0.3) is 5.91 Å². The second-order valence-corrected chi connectivity index (χ2v) is 3.96. The maximum absolute atomic E-state index is 11.2. The molecule has 86 valence electrons. The summed E-state index contributed by atoms with van der Waals surface area (Å²) in [6, 6.07) is 7.90. The van der Waals surface area contributed by atoms with Crippen LogP contribution in [0.2, 0.25) is 0 Å². The summed E-state index contributed by atoms with van der Waals surface area (Å²) in [5.74, 6) is -0.481. The molecule has 0 unspecified atom stereocenters. The normalized spacial score (nSPS) is 10.2. The maximum Gasteiger partial charge on any atom is 0.250 e. The highest BCUT2D eigenvalue weighted by Gasteiger charge is 2.11. The predicted molar refractivity (Wildman–Crippen MR) is 65.5 cm³/mol. The number of benzene rings is 1. The summed E-state index contributed by atoms with van der Waals surface area (Å²) in [7, 11) is 0. The molecule has 2 N–H and O–H groups in total. The highest BCUT2D eigenvalue weighted by molar-refractivity contribution is 5.95. The number of aromatic nitrogens is 2. The van der Waals surface area contributed by atoms with Crippen molar-refractivity contribution >= 4 is 5.91 Å². The molecule has 0 aliphatic heterocycles. The van der Waals surface area contributed by atoms with Gasteiger partial charge in [-0.15, -0.1) is 0 Å². The first kappa shape index (κ1) is 11.3. The maximum atomic E-state index is 11.2. The SMILES string of the molecule is Cc1ccc(-c2nncc(C(N)=O)c2C)cc1. The van der Waals surface area contributed by atoms with Gasteiger partial charge in [-0.25, -0.2) is 0 Å². The molecule has 4 nitrogen and oxygen atoms in total. The lowest BCUT2D eigenvalue weighted by Crippen LogP contribution is -2.14. The number of carbonyl (C=O) groups is 1. The summed E-state index contributed by atoms with van der Waals surface area (Å²) >= 11 is 0. The van der Waals surface area contributed by atoms with Crippen LogP contribution in [0.1, 0.15) is 21.5 Å². The van der Waals surface area contributed by atoms with Gasteiger partial charge in [0.2, 0.25) is 0 Å². The molecule has 0 fully saturated rings. The van der Waals surface area contributed by atoms with E-state index < -0.39 is 5.91 Å². The molecule has 0 saturated heterocycles. The predicted octanol–water partition coefficient (Wildman–Crippen LogP) is 1.86. The molecule has 0 aliphatic rings. The third kappa shape index (κ3) is 2.15. The van der Waals surface area contributed by atoms with Crippen LogP contribution in [0, 0.1) is 13.8 Å². The Bertz CT molecular complexity index is 561. The summed E-state index contributed by atoms with van der Waals surface area (Å²) in [5, 5.41) is 7.88. The number of carbonyl (C=O) groups excluding carboxylic acids is 1. The van der Waals surface area contributed by atoms with E-state index in [1.807, 2.05) is 38.1 Å². The van der Waals surface area contributed by atoms with E-state index in [2.05, 4.69) is 10.2 Å². The number of nitrogens with zero attached hydrogens (tertiary/aromatic N) is 2. The average Bonchev–Trinajstić information content (AvgIpc) is 2.30. The van der Waals surface area contributed by atoms with Crippen molar-refractivity contribution in [3.05, 3.63) is 47.2 Å². The summed E-state index contributed by atoms with van der Waals surface area (Å²) < 4.78 is 0. The number of hydrogen-bond acceptors (Lipinski definition) is 3. The molecule has 0 saturated carbocycles. The molecule has 0 aliphatic carbocycles. The van der Waals surface area contributed by atoms with Gasteiger partial charge in [0, 0.05) is 5.56 Å². The van der Waals surface area contributed by atoms with Crippen molar-refractivity contribution in [2.24, 2.45) is 5.73 Å². The van der Waals surface area contributed by atoms with E-state index in [0.29, 0.717) is 11.3 Å². The van der Waals surface area contributed by atoms with Crippen LogP contribution in [0.5, 0.6) is 0 Å². The van der Waals surface area contributed by atoms with E-state index >= 15 is 0 Å². The van der Waals surface area contributed by atoms with Crippen molar-refractivity contribution in [1.82, 2.24) is 10.2 Å². The molecule has 0 radical (unpaired) electrons. The third-order valence-electron chi connectivity index (χ3n) is 2.69. The lowest BCUT2D eigenvalue weighted by atomic mass is 10.0. The Morgan fingerprint density at radius 1 is 1.18 bits per heavy atom. The summed E-state index contributed by atoms with van der Waals surface area (Å²) in [4.78, 5) is 11.2. The molecule has 2 rings (SSSR count). The number of primary amides is 1. The molecule has 1 aromatic carbocycles. The van der Waals surface area contributed by atoms with Crippen molar-refractivity contribution in [2.45, 2.75) is 13.8 Å². The van der Waals surface area contributed by atoms with E-state index in [-0.39, 0.29) is 0 Å². The molecule has 1 amide bonds. The minimum Gasteiger partial charge on any atom is -0.366 e. The lowest BCUT2D eigenvalue weighted by molar-refractivity contribution is 0.0999. The first-order valence-corrected chi connectivity index (χ1v) is 5.28. The Balaban J connectivity index is 2.56. The first-order valence-electron chi connectivity index (χ1n) is 5.28. The van der Waals surface area contributed by atoms with Gasteiger partial charge >= 0.3 is 0 Å². The van der Waals surface area contributed by atoms with Gasteiger partial charge < -0.3 is 5.73 Å². The standard InChI is InChI=1S/C13H13N3O/c1-8-3-5-10(6-4-8)12-9(2)11(13(14)17)7-15-16-12/h3-7H,1-2H3,(H2,14,17). The summed E-state index contributed by atoms with van der Waals surface area (Å²) in [5.41, 5.74) is 9.25. The highest BCUT2D eigenvalue weighted by atomic mass is 16.1. The van der Waals surface area contributed by atoms with Crippen LogP contribution in [-0.2, 0) is 0 Å². The minimum absolute atomic E-state index is 0.413. The zero-order chi connectivity index (χ0) is 12.4. The van der Waals surface area contributed by atoms with Gasteiger partial charge in [-0.3, -0.25) is 4.79 Å². The molecule has 0 bridgehead atoms. The quantitative estimate of drug-likeness (QED) is 0.851. The summed E-state index contributed by atoms with van der Waals surface area (Å²) in [6.45, 7) is 3.84. The van der Waals surface area contributed by atoms with Crippen molar-refractivity contribution in [3.8, 4) is 11.3 Å². The Hall–Kier alpha value is -2.23. The molecule has 0 spiro atoms. The van der Waals surface area contributed by atoms with Gasteiger partial charge in [-0.2, -0.15) is 10.2 Å². The fraction of sp³-hybridized carbons (Fsp3) is 0.154. The number of amides is 1. The molecular formula is C13H13N3O. The van der Waals surface area contributed by atoms with Crippen molar-refractivity contribution in [3.63, 3.8) is 0 Å². The van der Waals surface area contributed by atoms with Gasteiger partial charge in [0.15, 0.2) is 0 Å². The largest absolute Gasteiger partial charge is 0.366 e. The number of rotatable bonds is 2. The van der Waals surface area contributed by atoms with Crippen LogP contribution in [-0.4, -0.2) is 16.1 Å². The monoisotopic (exact) mass is 227 g/mol. The number of hydrogen-bond donors (Lipinski definition) is 1. The van der Waals surface area contributed by atoms with E-state index in [4.69, 9.17) is 5.73 Å². The zero-order valence-electron chi connectivity index (χ0n) is 9.77. The smallest absolute Gasteiger partial charge is 0.250 e. The van der Waals surface area contributed by atoms with Crippen molar-refractivity contribution < 1.29 is 4.79 Å². The molecule has 4 heteroatoms. The second kappa shape index (κ2) is 4.33. The van der Waals surface area contributed by atoms with Crippen LogP contribution < -0.4 is 5.73 Å². The molecule has 1 aromatic heterocycles. The second-order valence-electron chi connectivity index (χ2n) is 3.96. The van der Waals surface area contributed by atoms with Gasteiger partial charge in [0.1, 0.15) is 0 Å². The van der Waals surface area contributed by atoms with Crippen LogP contribution >= 0.6 is 0 Å². The minimum atomic E-state index is -0.481. The first-order chi connectivity index (χ1) is 8.09. The van der Waals surface area contributed by atoms with Gasteiger partial charge in [-0.1, -0.05) is 29.8 Å². The third-order valence-corrected chi connectivity index (χ3v) is 2.69. The Morgan fingerprint density at radius 2 is 1.82 bits per heavy atom. The Labute approximate surface area is 99.5 Å². The fourth-order valence-electron chi connectivity index (χ4n) is 1.68. The molecule has 17 heavy (non-hydrogen) atoms. The summed E-state index contributed by atoms with van der Waals surface area (Å²) in [6.07, 6.45) is 1.40. The topological polar surface area (TPSA) is 68.9 Å². The number of nitrogens with two attached hydrogens (primary N) is 1. The van der Waals surface area contributed by atoms with E-state index in [1.54, 1.807) is 0 Å². The van der Waals surface area contributed by atoms with Crippen molar-refractivity contribution in [1.29, 1.82) is 0 Å². The van der Waals surface area contributed by atoms with Crippen LogP contribution in [0.15, 0.2) is 30.5 Å². The zero-order valence-corrected chi connectivity index (χ0v) is 9.77. The van der Waals surface area contributed by atoms with Crippen LogP contribution in [0.3, 0.4) is 0 Å². The molecule has 1 heterocycles. The molecule has 0 atom stereocenters. The van der Waals surface area contributed by atoms with Gasteiger partial charge in [0.05, 0.1) is 17.5 Å². The van der Waals surface area contributed by atoms with Gasteiger partial charge in [-0.05, 0) is 19.4 Å². The molecular weight excluding hydrogens is 214 g/mol. The Kier molecular flexibility index (Phi) is 2.87. The number of aryl methyl sites for hydroxylation is 1. The van der Waals surface area contributed by atoms with E-state index in [9.17, 15) is 4.79 Å². The van der Waals surface area contributed by atoms with Crippen LogP contribution in [0.25, 0.3) is 11.3 Å². The molecule has 2 aromatic rings. The lowest BCUT2D eigenvalue weighted by Gasteiger charge is -2.07. The fourth-order valence-corrected chi connectivity index (χ4v) is 1.68. The van der Waals surface area contributed by atoms with Crippen LogP contribution in [0.4, 0.5) is 0 Å². The van der Waals surface area contributed by atoms with E-state index in [1.165, 1.54) is 11.8 Å². The van der Waals surface area contributed by atoms with E-state index in [0.717, 1.165) is 11.1 Å². The average molecular weight is 227 g/mol.